The van der Waals surface area contributed by atoms with Gasteiger partial charge in [0.05, 0.1) is 12.7 Å². The van der Waals surface area contributed by atoms with Gasteiger partial charge in [-0.05, 0) is 31.0 Å². The standard InChI is InChI=1S/C13H20N2O2/c1-4-9(5-2)15-13(16)11-8-10(17-3)6-7-12(11)14/h6-9H,4-5,14H2,1-3H3,(H,15,16). The lowest BCUT2D eigenvalue weighted by Gasteiger charge is -2.16. The van der Waals surface area contributed by atoms with Crippen molar-refractivity contribution in [1.82, 2.24) is 5.32 Å². The van der Waals surface area contributed by atoms with Crippen molar-refractivity contribution in [3.8, 4) is 5.75 Å². The van der Waals surface area contributed by atoms with E-state index in [1.165, 1.54) is 0 Å². The van der Waals surface area contributed by atoms with Crippen molar-refractivity contribution in [2.45, 2.75) is 32.7 Å². The second-order valence-corrected chi connectivity index (χ2v) is 3.94. The van der Waals surface area contributed by atoms with E-state index < -0.39 is 0 Å². The van der Waals surface area contributed by atoms with Gasteiger partial charge in [-0.3, -0.25) is 4.79 Å². The summed E-state index contributed by atoms with van der Waals surface area (Å²) < 4.78 is 5.08. The van der Waals surface area contributed by atoms with Crippen LogP contribution in [0.2, 0.25) is 0 Å². The largest absolute Gasteiger partial charge is 0.497 e. The number of hydrogen-bond donors (Lipinski definition) is 2. The summed E-state index contributed by atoms with van der Waals surface area (Å²) in [6.45, 7) is 4.09. The van der Waals surface area contributed by atoms with Crippen LogP contribution in [0.5, 0.6) is 5.75 Å². The normalized spacial score (nSPS) is 10.4. The third kappa shape index (κ3) is 3.37. The van der Waals surface area contributed by atoms with E-state index in [2.05, 4.69) is 5.32 Å². The van der Waals surface area contributed by atoms with Crippen molar-refractivity contribution in [2.24, 2.45) is 0 Å². The predicted molar refractivity (Wildman–Crippen MR) is 69.2 cm³/mol. The van der Waals surface area contributed by atoms with Gasteiger partial charge < -0.3 is 15.8 Å². The molecule has 0 radical (unpaired) electrons. The molecule has 1 aromatic rings. The van der Waals surface area contributed by atoms with Crippen LogP contribution in [-0.2, 0) is 0 Å². The highest BCUT2D eigenvalue weighted by atomic mass is 16.5. The predicted octanol–water partition coefficient (Wildman–Crippen LogP) is 2.20. The van der Waals surface area contributed by atoms with Crippen molar-refractivity contribution >= 4 is 11.6 Å². The first kappa shape index (κ1) is 13.4. The summed E-state index contributed by atoms with van der Waals surface area (Å²) in [5.41, 5.74) is 6.72. The van der Waals surface area contributed by atoms with Crippen LogP contribution in [0.3, 0.4) is 0 Å². The first-order valence-corrected chi connectivity index (χ1v) is 5.86. The number of carbonyl (C=O) groups excluding carboxylic acids is 1. The zero-order valence-electron chi connectivity index (χ0n) is 10.6. The number of benzene rings is 1. The molecular formula is C13H20N2O2. The molecule has 0 aromatic heterocycles. The average Bonchev–Trinajstić information content (AvgIpc) is 2.36. The quantitative estimate of drug-likeness (QED) is 0.770. The molecule has 0 spiro atoms. The molecule has 0 saturated heterocycles. The lowest BCUT2D eigenvalue weighted by molar-refractivity contribution is 0.0935. The Kier molecular flexibility index (Phi) is 4.82. The summed E-state index contributed by atoms with van der Waals surface area (Å²) in [6.07, 6.45) is 1.82. The minimum absolute atomic E-state index is 0.143. The van der Waals surface area contributed by atoms with E-state index in [1.807, 2.05) is 13.8 Å². The number of nitrogen functional groups attached to an aromatic ring is 1. The number of ether oxygens (including phenoxy) is 1. The van der Waals surface area contributed by atoms with Gasteiger partial charge in [-0.1, -0.05) is 13.8 Å². The minimum atomic E-state index is -0.143. The molecule has 4 nitrogen and oxygen atoms in total. The highest BCUT2D eigenvalue weighted by Gasteiger charge is 2.14. The van der Waals surface area contributed by atoms with E-state index in [0.717, 1.165) is 12.8 Å². The fraction of sp³-hybridized carbons (Fsp3) is 0.462. The number of carbonyl (C=O) groups is 1. The van der Waals surface area contributed by atoms with Gasteiger partial charge in [-0.15, -0.1) is 0 Å². The van der Waals surface area contributed by atoms with Gasteiger partial charge in [0.25, 0.3) is 5.91 Å². The number of nitrogens with two attached hydrogens (primary N) is 1. The fourth-order valence-electron chi connectivity index (χ4n) is 1.61. The van der Waals surface area contributed by atoms with Gasteiger partial charge >= 0.3 is 0 Å². The Bertz CT molecular complexity index is 387. The summed E-state index contributed by atoms with van der Waals surface area (Å²) in [6, 6.07) is 5.27. The zero-order valence-corrected chi connectivity index (χ0v) is 10.6. The maximum Gasteiger partial charge on any atom is 0.253 e. The third-order valence-electron chi connectivity index (χ3n) is 2.83. The maximum atomic E-state index is 12.0. The Morgan fingerprint density at radius 1 is 1.41 bits per heavy atom. The number of methoxy groups -OCH3 is 1. The fourth-order valence-corrected chi connectivity index (χ4v) is 1.61. The molecule has 0 atom stereocenters. The van der Waals surface area contributed by atoms with Crippen molar-refractivity contribution in [2.75, 3.05) is 12.8 Å². The Labute approximate surface area is 102 Å². The molecule has 0 aliphatic heterocycles. The van der Waals surface area contributed by atoms with Gasteiger partial charge in [0.1, 0.15) is 5.75 Å². The summed E-state index contributed by atoms with van der Waals surface area (Å²) in [7, 11) is 1.56. The number of rotatable bonds is 5. The molecule has 94 valence electrons. The Balaban J connectivity index is 2.87. The number of amides is 1. The molecule has 0 bridgehead atoms. The Morgan fingerprint density at radius 2 is 2.06 bits per heavy atom. The number of nitrogens with one attached hydrogen (secondary N) is 1. The van der Waals surface area contributed by atoms with Crippen LogP contribution in [0, 0.1) is 0 Å². The van der Waals surface area contributed by atoms with Crippen LogP contribution < -0.4 is 15.8 Å². The number of anilines is 1. The molecular weight excluding hydrogens is 216 g/mol. The Hall–Kier alpha value is -1.71. The smallest absolute Gasteiger partial charge is 0.253 e. The van der Waals surface area contributed by atoms with Crippen LogP contribution >= 0.6 is 0 Å². The lowest BCUT2D eigenvalue weighted by atomic mass is 10.1. The molecule has 4 heteroatoms. The monoisotopic (exact) mass is 236 g/mol. The van der Waals surface area contributed by atoms with Crippen LogP contribution in [0.4, 0.5) is 5.69 Å². The molecule has 1 rings (SSSR count). The maximum absolute atomic E-state index is 12.0. The van der Waals surface area contributed by atoms with Gasteiger partial charge in [0, 0.05) is 11.7 Å². The van der Waals surface area contributed by atoms with Gasteiger partial charge in [-0.2, -0.15) is 0 Å². The summed E-state index contributed by atoms with van der Waals surface area (Å²) in [4.78, 5) is 12.0. The van der Waals surface area contributed by atoms with E-state index in [-0.39, 0.29) is 11.9 Å². The van der Waals surface area contributed by atoms with Crippen LogP contribution in [-0.4, -0.2) is 19.1 Å². The topological polar surface area (TPSA) is 64.3 Å². The molecule has 0 aliphatic rings. The van der Waals surface area contributed by atoms with E-state index in [4.69, 9.17) is 10.5 Å². The van der Waals surface area contributed by atoms with Gasteiger partial charge in [0.15, 0.2) is 0 Å². The van der Waals surface area contributed by atoms with Crippen molar-refractivity contribution in [3.63, 3.8) is 0 Å². The molecule has 0 aliphatic carbocycles. The van der Waals surface area contributed by atoms with Crippen molar-refractivity contribution in [3.05, 3.63) is 23.8 Å². The lowest BCUT2D eigenvalue weighted by Crippen LogP contribution is -2.34. The highest BCUT2D eigenvalue weighted by molar-refractivity contribution is 5.99. The molecule has 0 fully saturated rings. The van der Waals surface area contributed by atoms with Crippen molar-refractivity contribution < 1.29 is 9.53 Å². The highest BCUT2D eigenvalue weighted by Crippen LogP contribution is 2.19. The first-order chi connectivity index (χ1) is 8.12. The number of hydrogen-bond acceptors (Lipinski definition) is 3. The molecule has 0 saturated carbocycles. The van der Waals surface area contributed by atoms with E-state index in [0.29, 0.717) is 17.0 Å². The second-order valence-electron chi connectivity index (χ2n) is 3.94. The zero-order chi connectivity index (χ0) is 12.8. The molecule has 0 heterocycles. The molecule has 0 unspecified atom stereocenters. The summed E-state index contributed by atoms with van der Waals surface area (Å²) in [5, 5.41) is 2.95. The summed E-state index contributed by atoms with van der Waals surface area (Å²) in [5.74, 6) is 0.490. The minimum Gasteiger partial charge on any atom is -0.497 e. The van der Waals surface area contributed by atoms with E-state index in [9.17, 15) is 4.79 Å². The molecule has 1 amide bonds. The SMILES string of the molecule is CCC(CC)NC(=O)c1cc(OC)ccc1N. The van der Waals surface area contributed by atoms with E-state index in [1.54, 1.807) is 25.3 Å². The molecule has 1 aromatic carbocycles. The van der Waals surface area contributed by atoms with Gasteiger partial charge in [0.2, 0.25) is 0 Å². The van der Waals surface area contributed by atoms with E-state index >= 15 is 0 Å². The van der Waals surface area contributed by atoms with Gasteiger partial charge in [-0.25, -0.2) is 0 Å². The van der Waals surface area contributed by atoms with Crippen molar-refractivity contribution in [1.29, 1.82) is 0 Å². The van der Waals surface area contributed by atoms with Crippen LogP contribution in [0.1, 0.15) is 37.0 Å². The Morgan fingerprint density at radius 3 is 2.59 bits per heavy atom. The second kappa shape index (κ2) is 6.13. The van der Waals surface area contributed by atoms with Crippen LogP contribution in [0.25, 0.3) is 0 Å². The molecule has 17 heavy (non-hydrogen) atoms. The third-order valence-corrected chi connectivity index (χ3v) is 2.83. The summed E-state index contributed by atoms with van der Waals surface area (Å²) >= 11 is 0. The first-order valence-electron chi connectivity index (χ1n) is 5.86. The molecule has 3 N–H and O–H groups in total. The average molecular weight is 236 g/mol. The van der Waals surface area contributed by atoms with Crippen LogP contribution in [0.15, 0.2) is 18.2 Å².